The molecule has 0 unspecified atom stereocenters. The van der Waals surface area contributed by atoms with E-state index in [1.54, 1.807) is 24.1 Å². The van der Waals surface area contributed by atoms with Gasteiger partial charge in [-0.25, -0.2) is 0 Å². The third-order valence-corrected chi connectivity index (χ3v) is 3.21. The zero-order chi connectivity index (χ0) is 13.5. The summed E-state index contributed by atoms with van der Waals surface area (Å²) >= 11 is 1.66. The van der Waals surface area contributed by atoms with E-state index in [0.29, 0.717) is 12.3 Å². The number of ether oxygens (including phenoxy) is 1. The van der Waals surface area contributed by atoms with Crippen LogP contribution in [0.2, 0.25) is 0 Å². The standard InChI is InChI=1S/C14H15NO3S/c1-19-13-6-4-11(5-7-13)18-10-14(16)15-9-12-3-2-8-17-12/h2-8H,9-10H2,1H3,(H,15,16). The van der Waals surface area contributed by atoms with Gasteiger partial charge in [-0.1, -0.05) is 0 Å². The molecule has 0 aliphatic rings. The van der Waals surface area contributed by atoms with Crippen molar-refractivity contribution < 1.29 is 13.9 Å². The fourth-order valence-corrected chi connectivity index (χ4v) is 1.88. The molecule has 0 saturated carbocycles. The van der Waals surface area contributed by atoms with E-state index in [4.69, 9.17) is 9.15 Å². The third-order valence-electron chi connectivity index (χ3n) is 2.47. The van der Waals surface area contributed by atoms with Crippen molar-refractivity contribution in [2.75, 3.05) is 12.9 Å². The van der Waals surface area contributed by atoms with Crippen LogP contribution < -0.4 is 10.1 Å². The number of hydrogen-bond donors (Lipinski definition) is 1. The molecule has 0 atom stereocenters. The number of carbonyl (C=O) groups excluding carboxylic acids is 1. The molecule has 0 fully saturated rings. The summed E-state index contributed by atoms with van der Waals surface area (Å²) in [6, 6.07) is 11.2. The minimum atomic E-state index is -0.176. The Bertz CT molecular complexity index is 508. The molecule has 0 spiro atoms. The summed E-state index contributed by atoms with van der Waals surface area (Å²) in [6.07, 6.45) is 3.59. The molecule has 1 aromatic heterocycles. The maximum Gasteiger partial charge on any atom is 0.258 e. The van der Waals surface area contributed by atoms with E-state index in [-0.39, 0.29) is 12.5 Å². The predicted molar refractivity (Wildman–Crippen MR) is 74.3 cm³/mol. The molecule has 0 radical (unpaired) electrons. The average molecular weight is 277 g/mol. The third kappa shape index (κ3) is 4.37. The largest absolute Gasteiger partial charge is 0.484 e. The molecule has 1 aromatic carbocycles. The quantitative estimate of drug-likeness (QED) is 0.825. The number of nitrogens with one attached hydrogen (secondary N) is 1. The Hall–Kier alpha value is -1.88. The van der Waals surface area contributed by atoms with Crippen molar-refractivity contribution in [2.45, 2.75) is 11.4 Å². The Labute approximate surface area is 116 Å². The lowest BCUT2D eigenvalue weighted by molar-refractivity contribution is -0.123. The molecule has 0 aliphatic heterocycles. The molecule has 19 heavy (non-hydrogen) atoms. The van der Waals surface area contributed by atoms with Gasteiger partial charge in [0.05, 0.1) is 12.8 Å². The highest BCUT2D eigenvalue weighted by Gasteiger charge is 2.04. The molecule has 5 heteroatoms. The molecule has 0 saturated heterocycles. The SMILES string of the molecule is CSc1ccc(OCC(=O)NCc2ccco2)cc1. The molecule has 2 rings (SSSR count). The van der Waals surface area contributed by atoms with E-state index in [0.717, 1.165) is 10.7 Å². The van der Waals surface area contributed by atoms with Gasteiger partial charge < -0.3 is 14.5 Å². The van der Waals surface area contributed by atoms with Gasteiger partial charge in [0.15, 0.2) is 6.61 Å². The van der Waals surface area contributed by atoms with Crippen LogP contribution in [-0.4, -0.2) is 18.8 Å². The predicted octanol–water partition coefficient (Wildman–Crippen LogP) is 2.70. The fourth-order valence-electron chi connectivity index (χ4n) is 1.47. The lowest BCUT2D eigenvalue weighted by Gasteiger charge is -2.07. The molecule has 1 heterocycles. The van der Waals surface area contributed by atoms with Gasteiger partial charge in [-0.3, -0.25) is 4.79 Å². The maximum atomic E-state index is 11.6. The van der Waals surface area contributed by atoms with Crippen molar-refractivity contribution in [3.63, 3.8) is 0 Å². The van der Waals surface area contributed by atoms with Crippen molar-refractivity contribution in [3.05, 3.63) is 48.4 Å². The zero-order valence-electron chi connectivity index (χ0n) is 10.6. The van der Waals surface area contributed by atoms with Crippen LogP contribution in [0.15, 0.2) is 52.0 Å². The minimum Gasteiger partial charge on any atom is -0.484 e. The number of furan rings is 1. The monoisotopic (exact) mass is 277 g/mol. The minimum absolute atomic E-state index is 0.000672. The Balaban J connectivity index is 1.73. The molecule has 0 bridgehead atoms. The number of hydrogen-bond acceptors (Lipinski definition) is 4. The first-order valence-corrected chi connectivity index (χ1v) is 7.06. The summed E-state index contributed by atoms with van der Waals surface area (Å²) in [5.41, 5.74) is 0. The van der Waals surface area contributed by atoms with E-state index in [1.165, 1.54) is 0 Å². The Kier molecular flexibility index (Phi) is 4.92. The van der Waals surface area contributed by atoms with Gasteiger partial charge >= 0.3 is 0 Å². The van der Waals surface area contributed by atoms with Gasteiger partial charge in [0, 0.05) is 4.90 Å². The molecular formula is C14H15NO3S. The fraction of sp³-hybridized carbons (Fsp3) is 0.214. The second-order valence-corrected chi connectivity index (χ2v) is 4.70. The van der Waals surface area contributed by atoms with Crippen molar-refractivity contribution >= 4 is 17.7 Å². The van der Waals surface area contributed by atoms with Crippen LogP contribution in [0.4, 0.5) is 0 Å². The van der Waals surface area contributed by atoms with Gasteiger partial charge in [0.2, 0.25) is 0 Å². The topological polar surface area (TPSA) is 51.5 Å². The van der Waals surface area contributed by atoms with Crippen molar-refractivity contribution in [1.82, 2.24) is 5.32 Å². The smallest absolute Gasteiger partial charge is 0.258 e. The van der Waals surface area contributed by atoms with Crippen LogP contribution >= 0.6 is 11.8 Å². The summed E-state index contributed by atoms with van der Waals surface area (Å²) < 4.78 is 10.5. The molecule has 100 valence electrons. The van der Waals surface area contributed by atoms with E-state index >= 15 is 0 Å². The first-order chi connectivity index (χ1) is 9.28. The summed E-state index contributed by atoms with van der Waals surface area (Å²) in [5.74, 6) is 1.23. The molecular weight excluding hydrogens is 262 g/mol. The summed E-state index contributed by atoms with van der Waals surface area (Å²) in [6.45, 7) is 0.375. The van der Waals surface area contributed by atoms with Crippen molar-refractivity contribution in [1.29, 1.82) is 0 Å². The van der Waals surface area contributed by atoms with Gasteiger partial charge in [-0.05, 0) is 42.7 Å². The highest BCUT2D eigenvalue weighted by molar-refractivity contribution is 7.98. The number of thioether (sulfide) groups is 1. The maximum absolute atomic E-state index is 11.6. The normalized spacial score (nSPS) is 10.2. The summed E-state index contributed by atoms with van der Waals surface area (Å²) in [5, 5.41) is 2.72. The Morgan fingerprint density at radius 1 is 1.32 bits per heavy atom. The van der Waals surface area contributed by atoms with Crippen molar-refractivity contribution in [3.8, 4) is 5.75 Å². The van der Waals surface area contributed by atoms with Crippen LogP contribution in [0.25, 0.3) is 0 Å². The van der Waals surface area contributed by atoms with Crippen LogP contribution in [0.1, 0.15) is 5.76 Å². The number of benzene rings is 1. The summed E-state index contributed by atoms with van der Waals surface area (Å²) in [7, 11) is 0. The summed E-state index contributed by atoms with van der Waals surface area (Å²) in [4.78, 5) is 12.7. The van der Waals surface area contributed by atoms with Crippen molar-refractivity contribution in [2.24, 2.45) is 0 Å². The molecule has 1 N–H and O–H groups in total. The Morgan fingerprint density at radius 3 is 2.74 bits per heavy atom. The number of amides is 1. The van der Waals surface area contributed by atoms with Gasteiger partial charge in [0.25, 0.3) is 5.91 Å². The van der Waals surface area contributed by atoms with Crippen LogP contribution in [0.3, 0.4) is 0 Å². The Morgan fingerprint density at radius 2 is 2.11 bits per heavy atom. The highest BCUT2D eigenvalue weighted by atomic mass is 32.2. The number of rotatable bonds is 6. The first kappa shape index (κ1) is 13.5. The molecule has 0 aliphatic carbocycles. The lowest BCUT2D eigenvalue weighted by Crippen LogP contribution is -2.28. The van der Waals surface area contributed by atoms with Crippen LogP contribution in [-0.2, 0) is 11.3 Å². The van der Waals surface area contributed by atoms with Gasteiger partial charge in [-0.15, -0.1) is 11.8 Å². The van der Waals surface area contributed by atoms with E-state index in [1.807, 2.05) is 36.6 Å². The van der Waals surface area contributed by atoms with E-state index in [9.17, 15) is 4.79 Å². The second-order valence-electron chi connectivity index (χ2n) is 3.82. The van der Waals surface area contributed by atoms with E-state index < -0.39 is 0 Å². The van der Waals surface area contributed by atoms with Crippen LogP contribution in [0, 0.1) is 0 Å². The molecule has 2 aromatic rings. The molecule has 1 amide bonds. The van der Waals surface area contributed by atoms with Gasteiger partial charge in [-0.2, -0.15) is 0 Å². The zero-order valence-corrected chi connectivity index (χ0v) is 11.4. The van der Waals surface area contributed by atoms with Gasteiger partial charge in [0.1, 0.15) is 11.5 Å². The highest BCUT2D eigenvalue weighted by Crippen LogP contribution is 2.18. The average Bonchev–Trinajstić information content (AvgIpc) is 2.96. The van der Waals surface area contributed by atoms with E-state index in [2.05, 4.69) is 5.32 Å². The molecule has 4 nitrogen and oxygen atoms in total. The van der Waals surface area contributed by atoms with Crippen LogP contribution in [0.5, 0.6) is 5.75 Å². The lowest BCUT2D eigenvalue weighted by atomic mass is 10.3. The first-order valence-electron chi connectivity index (χ1n) is 5.84. The second kappa shape index (κ2) is 6.89. The number of carbonyl (C=O) groups is 1.